The van der Waals surface area contributed by atoms with Crippen molar-refractivity contribution in [3.8, 4) is 5.75 Å². The van der Waals surface area contributed by atoms with E-state index in [-0.39, 0.29) is 17.9 Å². The first-order valence-corrected chi connectivity index (χ1v) is 4.60. The summed E-state index contributed by atoms with van der Waals surface area (Å²) in [5, 5.41) is 2.22. The van der Waals surface area contributed by atoms with E-state index in [2.05, 4.69) is 10.1 Å². The summed E-state index contributed by atoms with van der Waals surface area (Å²) in [6, 6.07) is 5.21. The average Bonchev–Trinajstić information content (AvgIpc) is 2.25. The highest BCUT2D eigenvalue weighted by atomic mass is 19.3. The molecular formula is C10H10F2N2O3. The number of nitrogens with two attached hydrogens (primary N) is 1. The second-order valence-electron chi connectivity index (χ2n) is 3.06. The minimum Gasteiger partial charge on any atom is -0.435 e. The maximum atomic E-state index is 11.9. The van der Waals surface area contributed by atoms with Gasteiger partial charge in [-0.15, -0.1) is 0 Å². The lowest BCUT2D eigenvalue weighted by molar-refractivity contribution is -0.117. The second kappa shape index (κ2) is 5.78. The molecule has 1 rings (SSSR count). The molecule has 7 heteroatoms. The smallest absolute Gasteiger partial charge is 0.387 e. The van der Waals surface area contributed by atoms with Crippen molar-refractivity contribution in [1.29, 1.82) is 0 Å². The first kappa shape index (κ1) is 12.9. The lowest BCUT2D eigenvalue weighted by atomic mass is 10.2. The summed E-state index contributed by atoms with van der Waals surface area (Å²) in [6.45, 7) is -3.28. The van der Waals surface area contributed by atoms with Gasteiger partial charge in [-0.05, 0) is 18.2 Å². The number of ether oxygens (including phenoxy) is 1. The quantitative estimate of drug-likeness (QED) is 0.791. The summed E-state index contributed by atoms with van der Waals surface area (Å²) in [5.41, 5.74) is 4.94. The summed E-state index contributed by atoms with van der Waals surface area (Å²) in [4.78, 5) is 21.9. The zero-order valence-corrected chi connectivity index (χ0v) is 8.65. The molecule has 0 spiro atoms. The predicted octanol–water partition coefficient (Wildman–Crippen LogP) is 0.503. The molecule has 0 aliphatic rings. The summed E-state index contributed by atoms with van der Waals surface area (Å²) < 4.78 is 28.0. The van der Waals surface area contributed by atoms with Crippen LogP contribution < -0.4 is 15.8 Å². The molecule has 5 nitrogen and oxygen atoms in total. The summed E-state index contributed by atoms with van der Waals surface area (Å²) in [7, 11) is 0. The van der Waals surface area contributed by atoms with Crippen molar-refractivity contribution in [3.63, 3.8) is 0 Å². The molecule has 0 saturated heterocycles. The van der Waals surface area contributed by atoms with Crippen molar-refractivity contribution in [2.75, 3.05) is 6.54 Å². The number of hydrogen-bond acceptors (Lipinski definition) is 3. The molecule has 0 aromatic heterocycles. The fourth-order valence-corrected chi connectivity index (χ4v) is 1.08. The van der Waals surface area contributed by atoms with E-state index in [0.717, 1.165) is 6.07 Å². The summed E-state index contributed by atoms with van der Waals surface area (Å²) in [6.07, 6.45) is 0. The highest BCUT2D eigenvalue weighted by molar-refractivity contribution is 5.96. The molecule has 3 N–H and O–H groups in total. The molecule has 0 unspecified atom stereocenters. The number of carbonyl (C=O) groups is 2. The van der Waals surface area contributed by atoms with Gasteiger partial charge in [0.15, 0.2) is 0 Å². The first-order chi connectivity index (χ1) is 7.99. The zero-order valence-electron chi connectivity index (χ0n) is 8.65. The number of hydrogen-bond donors (Lipinski definition) is 2. The van der Waals surface area contributed by atoms with Gasteiger partial charge in [0.25, 0.3) is 5.91 Å². The Balaban J connectivity index is 2.70. The number of primary amides is 1. The first-order valence-electron chi connectivity index (χ1n) is 4.60. The van der Waals surface area contributed by atoms with Crippen molar-refractivity contribution in [1.82, 2.24) is 5.32 Å². The normalized spacial score (nSPS) is 10.1. The molecule has 0 fully saturated rings. The molecular weight excluding hydrogens is 234 g/mol. The van der Waals surface area contributed by atoms with E-state index in [1.54, 1.807) is 0 Å². The average molecular weight is 244 g/mol. The van der Waals surface area contributed by atoms with Crippen LogP contribution in [0.15, 0.2) is 24.3 Å². The van der Waals surface area contributed by atoms with Gasteiger partial charge in [0.1, 0.15) is 5.75 Å². The fraction of sp³-hybridized carbons (Fsp3) is 0.200. The van der Waals surface area contributed by atoms with E-state index >= 15 is 0 Å². The Labute approximate surface area is 95.5 Å². The number of carbonyl (C=O) groups excluding carboxylic acids is 2. The van der Waals surface area contributed by atoms with Crippen LogP contribution in [-0.2, 0) is 4.79 Å². The second-order valence-corrected chi connectivity index (χ2v) is 3.06. The van der Waals surface area contributed by atoms with E-state index in [4.69, 9.17) is 5.73 Å². The number of amides is 2. The van der Waals surface area contributed by atoms with E-state index in [1.807, 2.05) is 0 Å². The number of rotatable bonds is 5. The maximum Gasteiger partial charge on any atom is 0.387 e. The number of alkyl halides is 2. The third-order valence-electron chi connectivity index (χ3n) is 1.74. The summed E-state index contributed by atoms with van der Waals surface area (Å²) >= 11 is 0. The third kappa shape index (κ3) is 4.45. The predicted molar refractivity (Wildman–Crippen MR) is 54.6 cm³/mol. The van der Waals surface area contributed by atoms with Crippen LogP contribution in [0.4, 0.5) is 8.78 Å². The van der Waals surface area contributed by atoms with Gasteiger partial charge in [0, 0.05) is 5.56 Å². The van der Waals surface area contributed by atoms with Crippen LogP contribution in [0.2, 0.25) is 0 Å². The van der Waals surface area contributed by atoms with Crippen LogP contribution in [0.3, 0.4) is 0 Å². The van der Waals surface area contributed by atoms with Gasteiger partial charge in [-0.3, -0.25) is 9.59 Å². The van der Waals surface area contributed by atoms with E-state index < -0.39 is 18.4 Å². The Morgan fingerprint density at radius 3 is 2.71 bits per heavy atom. The lowest BCUT2D eigenvalue weighted by Gasteiger charge is -2.06. The molecule has 1 aromatic carbocycles. The largest absolute Gasteiger partial charge is 0.435 e. The lowest BCUT2D eigenvalue weighted by Crippen LogP contribution is -2.33. The Morgan fingerprint density at radius 1 is 1.41 bits per heavy atom. The molecule has 17 heavy (non-hydrogen) atoms. The standard InChI is InChI=1S/C10H10F2N2O3/c11-10(12)17-7-3-1-2-6(4-7)9(16)14-5-8(13)15/h1-4,10H,5H2,(H2,13,15)(H,14,16). The molecule has 0 radical (unpaired) electrons. The molecule has 1 aromatic rings. The Bertz CT molecular complexity index is 424. The Kier molecular flexibility index (Phi) is 4.38. The van der Waals surface area contributed by atoms with Crippen LogP contribution in [0.5, 0.6) is 5.75 Å². The van der Waals surface area contributed by atoms with E-state index in [9.17, 15) is 18.4 Å². The highest BCUT2D eigenvalue weighted by Crippen LogP contribution is 2.15. The van der Waals surface area contributed by atoms with Crippen molar-refractivity contribution in [2.45, 2.75) is 6.61 Å². The molecule has 0 heterocycles. The summed E-state index contributed by atoms with van der Waals surface area (Å²) in [5.74, 6) is -1.42. The Hall–Kier alpha value is -2.18. The van der Waals surface area contributed by atoms with Crippen molar-refractivity contribution >= 4 is 11.8 Å². The zero-order chi connectivity index (χ0) is 12.8. The molecule has 0 aliphatic carbocycles. The van der Waals surface area contributed by atoms with Gasteiger partial charge >= 0.3 is 6.61 Å². The van der Waals surface area contributed by atoms with Crippen LogP contribution in [0.1, 0.15) is 10.4 Å². The van der Waals surface area contributed by atoms with Crippen LogP contribution in [-0.4, -0.2) is 25.0 Å². The fourth-order valence-electron chi connectivity index (χ4n) is 1.08. The third-order valence-corrected chi connectivity index (χ3v) is 1.74. The van der Waals surface area contributed by atoms with Gasteiger partial charge in [0.2, 0.25) is 5.91 Å². The van der Waals surface area contributed by atoms with E-state index in [1.165, 1.54) is 18.2 Å². The van der Waals surface area contributed by atoms with Crippen molar-refractivity contribution in [2.24, 2.45) is 5.73 Å². The number of nitrogens with one attached hydrogen (secondary N) is 1. The monoisotopic (exact) mass is 244 g/mol. The minimum absolute atomic E-state index is 0.101. The molecule has 2 amide bonds. The van der Waals surface area contributed by atoms with Crippen molar-refractivity contribution < 1.29 is 23.1 Å². The van der Waals surface area contributed by atoms with Gasteiger partial charge in [0.05, 0.1) is 6.54 Å². The molecule has 0 aliphatic heterocycles. The van der Waals surface area contributed by atoms with Crippen LogP contribution in [0, 0.1) is 0 Å². The van der Waals surface area contributed by atoms with Gasteiger partial charge in [-0.1, -0.05) is 6.07 Å². The maximum absolute atomic E-state index is 11.9. The molecule has 0 saturated carbocycles. The van der Waals surface area contributed by atoms with Gasteiger partial charge < -0.3 is 15.8 Å². The SMILES string of the molecule is NC(=O)CNC(=O)c1cccc(OC(F)F)c1. The Morgan fingerprint density at radius 2 is 2.12 bits per heavy atom. The molecule has 0 bridgehead atoms. The van der Waals surface area contributed by atoms with Crippen molar-refractivity contribution in [3.05, 3.63) is 29.8 Å². The van der Waals surface area contributed by atoms with Crippen LogP contribution >= 0.6 is 0 Å². The minimum atomic E-state index is -2.96. The van der Waals surface area contributed by atoms with E-state index in [0.29, 0.717) is 0 Å². The number of halogens is 2. The molecule has 92 valence electrons. The number of benzene rings is 1. The van der Waals surface area contributed by atoms with Gasteiger partial charge in [-0.25, -0.2) is 0 Å². The highest BCUT2D eigenvalue weighted by Gasteiger charge is 2.09. The molecule has 0 atom stereocenters. The van der Waals surface area contributed by atoms with Gasteiger partial charge in [-0.2, -0.15) is 8.78 Å². The van der Waals surface area contributed by atoms with Crippen LogP contribution in [0.25, 0.3) is 0 Å². The topological polar surface area (TPSA) is 81.4 Å².